The third kappa shape index (κ3) is 5.21. The van der Waals surface area contributed by atoms with Gasteiger partial charge in [-0.3, -0.25) is 0 Å². The van der Waals surface area contributed by atoms with Crippen LogP contribution in [0.1, 0.15) is 20.8 Å². The second-order valence-corrected chi connectivity index (χ2v) is 24.9. The van der Waals surface area contributed by atoms with Crippen molar-refractivity contribution in [2.45, 2.75) is 34.1 Å². The van der Waals surface area contributed by atoms with Gasteiger partial charge in [-0.15, -0.1) is 0 Å². The SMILES string of the molecule is C=COCC[S][Sn]([CH2]C)([CH2]C)[CH2]C. The molecule has 0 radical (unpaired) electrons. The molecule has 0 aromatic rings. The summed E-state index contributed by atoms with van der Waals surface area (Å²) in [5.74, 6) is 1.16. The van der Waals surface area contributed by atoms with Crippen LogP contribution in [0, 0.1) is 0 Å². The molecule has 3 heteroatoms. The van der Waals surface area contributed by atoms with Gasteiger partial charge in [-0.2, -0.15) is 0 Å². The van der Waals surface area contributed by atoms with Gasteiger partial charge in [0.1, 0.15) is 0 Å². The monoisotopic (exact) mass is 310 g/mol. The molecule has 0 saturated heterocycles. The summed E-state index contributed by atoms with van der Waals surface area (Å²) in [4.78, 5) is 0. The van der Waals surface area contributed by atoms with E-state index in [0.29, 0.717) is 0 Å². The van der Waals surface area contributed by atoms with Crippen molar-refractivity contribution in [2.75, 3.05) is 12.4 Å². The summed E-state index contributed by atoms with van der Waals surface area (Å²) in [5, 5.41) is 0. The molecule has 0 N–H and O–H groups in total. The standard InChI is InChI=1S/C4H8OS.3C2H5.Sn/c1-2-5-3-4-6;3*1-2;/h2,6H,1,3-4H2;3*1H2,2H3;/q;;;;+1/p-1. The minimum atomic E-state index is -1.70. The second-order valence-electron chi connectivity index (χ2n) is 3.13. The first-order chi connectivity index (χ1) is 6.24. The van der Waals surface area contributed by atoms with E-state index in [-0.39, 0.29) is 0 Å². The predicted molar refractivity (Wildman–Crippen MR) is 65.8 cm³/mol. The summed E-state index contributed by atoms with van der Waals surface area (Å²) in [6.45, 7) is 11.5. The Balaban J connectivity index is 3.74. The van der Waals surface area contributed by atoms with Crippen molar-refractivity contribution in [1.29, 1.82) is 0 Å². The van der Waals surface area contributed by atoms with E-state index in [1.165, 1.54) is 13.3 Å². The molecular formula is C10H22OSSn. The Morgan fingerprint density at radius 2 is 1.77 bits per heavy atom. The van der Waals surface area contributed by atoms with Crippen molar-refractivity contribution in [1.82, 2.24) is 0 Å². The summed E-state index contributed by atoms with van der Waals surface area (Å²) in [5.41, 5.74) is 0. The topological polar surface area (TPSA) is 9.23 Å². The number of rotatable bonds is 8. The molecule has 0 saturated carbocycles. The molecule has 0 fully saturated rings. The maximum atomic E-state index is 5.14. The van der Waals surface area contributed by atoms with Crippen molar-refractivity contribution in [3.05, 3.63) is 12.8 Å². The Labute approximate surface area is 89.6 Å². The first-order valence-electron chi connectivity index (χ1n) is 5.11. The summed E-state index contributed by atoms with van der Waals surface area (Å²) in [6, 6.07) is 0. The van der Waals surface area contributed by atoms with Crippen LogP contribution in [-0.4, -0.2) is 29.4 Å². The number of hydrogen-bond acceptors (Lipinski definition) is 2. The molecule has 0 aromatic carbocycles. The molecule has 0 aliphatic carbocycles. The van der Waals surface area contributed by atoms with E-state index in [1.807, 2.05) is 0 Å². The first kappa shape index (κ1) is 13.7. The fraction of sp³-hybridized carbons (Fsp3) is 0.800. The van der Waals surface area contributed by atoms with E-state index in [4.69, 9.17) is 4.74 Å². The van der Waals surface area contributed by atoms with Gasteiger partial charge in [0.25, 0.3) is 0 Å². The van der Waals surface area contributed by atoms with Crippen LogP contribution in [0.3, 0.4) is 0 Å². The molecule has 0 aliphatic rings. The van der Waals surface area contributed by atoms with Gasteiger partial charge in [-0.1, -0.05) is 0 Å². The Morgan fingerprint density at radius 1 is 1.23 bits per heavy atom. The van der Waals surface area contributed by atoms with E-state index in [2.05, 4.69) is 36.3 Å². The molecule has 0 aliphatic heterocycles. The van der Waals surface area contributed by atoms with Crippen LogP contribution in [0.5, 0.6) is 0 Å². The average molecular weight is 309 g/mol. The zero-order valence-electron chi connectivity index (χ0n) is 9.14. The van der Waals surface area contributed by atoms with Gasteiger partial charge >= 0.3 is 90.0 Å². The van der Waals surface area contributed by atoms with Crippen molar-refractivity contribution >= 4 is 25.9 Å². The van der Waals surface area contributed by atoms with E-state index in [9.17, 15) is 0 Å². The average Bonchev–Trinajstić information content (AvgIpc) is 2.20. The quantitative estimate of drug-likeness (QED) is 0.382. The maximum absolute atomic E-state index is 5.14. The Hall–Kier alpha value is 0.689. The molecule has 0 spiro atoms. The molecule has 0 aromatic heterocycles. The molecule has 0 heterocycles. The van der Waals surface area contributed by atoms with Crippen LogP contribution < -0.4 is 0 Å². The molecule has 78 valence electrons. The molecule has 13 heavy (non-hydrogen) atoms. The van der Waals surface area contributed by atoms with Crippen molar-refractivity contribution < 1.29 is 4.74 Å². The van der Waals surface area contributed by atoms with Gasteiger partial charge in [0.05, 0.1) is 0 Å². The summed E-state index contributed by atoms with van der Waals surface area (Å²) < 4.78 is 9.52. The fourth-order valence-electron chi connectivity index (χ4n) is 1.45. The molecule has 0 bridgehead atoms. The summed E-state index contributed by atoms with van der Waals surface area (Å²) >= 11 is -1.70. The van der Waals surface area contributed by atoms with E-state index in [1.54, 1.807) is 6.26 Å². The van der Waals surface area contributed by atoms with E-state index < -0.39 is 17.0 Å². The summed E-state index contributed by atoms with van der Waals surface area (Å²) in [6.07, 6.45) is 1.54. The van der Waals surface area contributed by atoms with Gasteiger partial charge in [0.2, 0.25) is 0 Å². The van der Waals surface area contributed by atoms with Crippen LogP contribution in [0.15, 0.2) is 12.8 Å². The van der Waals surface area contributed by atoms with Crippen molar-refractivity contribution in [3.63, 3.8) is 0 Å². The van der Waals surface area contributed by atoms with Gasteiger partial charge in [0, 0.05) is 0 Å². The normalized spacial score (nSPS) is 11.3. The van der Waals surface area contributed by atoms with Crippen LogP contribution >= 0.6 is 8.95 Å². The minimum absolute atomic E-state index is 0.840. The Bertz CT molecular complexity index is 127. The van der Waals surface area contributed by atoms with E-state index in [0.717, 1.165) is 12.4 Å². The van der Waals surface area contributed by atoms with Crippen LogP contribution in [0.4, 0.5) is 0 Å². The third-order valence-electron chi connectivity index (χ3n) is 2.66. The molecule has 0 unspecified atom stereocenters. The van der Waals surface area contributed by atoms with Gasteiger partial charge < -0.3 is 0 Å². The number of ether oxygens (including phenoxy) is 1. The molecule has 0 rings (SSSR count). The Kier molecular flexibility index (Phi) is 8.46. The first-order valence-corrected chi connectivity index (χ1v) is 15.6. The molecule has 1 nitrogen and oxygen atoms in total. The van der Waals surface area contributed by atoms with Gasteiger partial charge in [-0.25, -0.2) is 0 Å². The zero-order chi connectivity index (χ0) is 10.2. The Morgan fingerprint density at radius 3 is 2.15 bits per heavy atom. The number of hydrogen-bond donors (Lipinski definition) is 0. The second kappa shape index (κ2) is 8.03. The van der Waals surface area contributed by atoms with Crippen LogP contribution in [0.2, 0.25) is 13.3 Å². The summed E-state index contributed by atoms with van der Waals surface area (Å²) in [7, 11) is 2.25. The molecule has 0 amide bonds. The zero-order valence-corrected chi connectivity index (χ0v) is 12.8. The van der Waals surface area contributed by atoms with Crippen molar-refractivity contribution in [3.8, 4) is 0 Å². The van der Waals surface area contributed by atoms with Crippen LogP contribution in [-0.2, 0) is 4.74 Å². The van der Waals surface area contributed by atoms with Crippen LogP contribution in [0.25, 0.3) is 0 Å². The van der Waals surface area contributed by atoms with Gasteiger partial charge in [0.15, 0.2) is 0 Å². The third-order valence-corrected chi connectivity index (χ3v) is 27.5. The van der Waals surface area contributed by atoms with Crippen molar-refractivity contribution in [2.24, 2.45) is 0 Å². The van der Waals surface area contributed by atoms with Gasteiger partial charge in [-0.05, 0) is 0 Å². The van der Waals surface area contributed by atoms with E-state index >= 15 is 0 Å². The predicted octanol–water partition coefficient (Wildman–Crippen LogP) is 3.88. The molecule has 0 atom stereocenters. The fourth-order valence-corrected chi connectivity index (χ4v) is 16.6. The molecular weight excluding hydrogens is 287 g/mol.